The molecule has 2 heterocycles. The average Bonchev–Trinajstić information content (AvgIpc) is 3.65. The Morgan fingerprint density at radius 3 is 2.18 bits per heavy atom. The molecule has 212 valence electrons. The van der Waals surface area contributed by atoms with Crippen molar-refractivity contribution in [1.29, 1.82) is 0 Å². The lowest BCUT2D eigenvalue weighted by molar-refractivity contribution is -0.145. The van der Waals surface area contributed by atoms with Crippen LogP contribution in [0.25, 0.3) is 0 Å². The number of piperazine rings is 1. The van der Waals surface area contributed by atoms with Crippen LogP contribution in [0.5, 0.6) is 0 Å². The molecule has 0 aromatic heterocycles. The molecule has 4 rings (SSSR count). The average molecular weight is 566 g/mol. The molecule has 0 bridgehead atoms. The van der Waals surface area contributed by atoms with E-state index >= 15 is 0 Å². The van der Waals surface area contributed by atoms with Gasteiger partial charge in [-0.25, -0.2) is 4.79 Å². The van der Waals surface area contributed by atoms with E-state index in [1.807, 2.05) is 12.1 Å². The molecule has 3 fully saturated rings. The smallest absolute Gasteiger partial charge is 0.314 e. The molecule has 2 aliphatic heterocycles. The summed E-state index contributed by atoms with van der Waals surface area (Å²) in [6.45, 7) is 14.2. The number of amides is 3. The van der Waals surface area contributed by atoms with E-state index in [-0.39, 0.29) is 29.4 Å². The van der Waals surface area contributed by atoms with Crippen LogP contribution in [0.1, 0.15) is 84.7 Å². The summed E-state index contributed by atoms with van der Waals surface area (Å²) in [5, 5.41) is 1.18. The van der Waals surface area contributed by atoms with E-state index in [9.17, 15) is 9.59 Å². The van der Waals surface area contributed by atoms with Gasteiger partial charge in [0.25, 0.3) is 0 Å². The standard InChI is InChI=1S/C30H46Cl2N4O2/c1-19(2)28(22-8-9-24(31)25(32)16-22)35-18-26(30(3,4)5)36(17-23(35)14-20-6-7-20)27(37)15-21-10-12-34(13-11-21)29(33)38/h8-9,16,19-21,23,26,28H,6-7,10-15,17-18H2,1-5H3,(H2,33,38)/t23?,26-,28?/m1/s1. The predicted octanol–water partition coefficient (Wildman–Crippen LogP) is 6.60. The van der Waals surface area contributed by atoms with Crippen molar-refractivity contribution in [2.75, 3.05) is 26.2 Å². The summed E-state index contributed by atoms with van der Waals surface area (Å²) in [5.74, 6) is 1.70. The molecular formula is C30H46Cl2N4O2. The number of halogens is 2. The number of rotatable bonds is 7. The number of urea groups is 1. The summed E-state index contributed by atoms with van der Waals surface area (Å²) < 4.78 is 0. The zero-order valence-electron chi connectivity index (χ0n) is 23.8. The Morgan fingerprint density at radius 2 is 1.66 bits per heavy atom. The summed E-state index contributed by atoms with van der Waals surface area (Å²) in [7, 11) is 0. The number of primary amides is 1. The molecule has 1 aromatic carbocycles. The lowest BCUT2D eigenvalue weighted by atomic mass is 9.80. The molecule has 0 spiro atoms. The topological polar surface area (TPSA) is 69.9 Å². The molecular weight excluding hydrogens is 519 g/mol. The molecule has 1 aliphatic carbocycles. The number of piperidine rings is 1. The molecule has 2 saturated heterocycles. The largest absolute Gasteiger partial charge is 0.351 e. The van der Waals surface area contributed by atoms with E-state index in [0.717, 1.165) is 38.3 Å². The third kappa shape index (κ3) is 6.98. The maximum Gasteiger partial charge on any atom is 0.314 e. The molecule has 2 unspecified atom stereocenters. The van der Waals surface area contributed by atoms with Gasteiger partial charge in [-0.05, 0) is 60.1 Å². The first-order valence-corrected chi connectivity index (χ1v) is 15.1. The second kappa shape index (κ2) is 11.9. The van der Waals surface area contributed by atoms with Gasteiger partial charge in [0.1, 0.15) is 0 Å². The fraction of sp³-hybridized carbons (Fsp3) is 0.733. The quantitative estimate of drug-likeness (QED) is 0.405. The minimum Gasteiger partial charge on any atom is -0.351 e. The van der Waals surface area contributed by atoms with Gasteiger partial charge in [-0.15, -0.1) is 0 Å². The van der Waals surface area contributed by atoms with Gasteiger partial charge >= 0.3 is 6.03 Å². The van der Waals surface area contributed by atoms with Gasteiger partial charge in [0.05, 0.1) is 10.0 Å². The van der Waals surface area contributed by atoms with Crippen molar-refractivity contribution in [3.8, 4) is 0 Å². The first-order valence-electron chi connectivity index (χ1n) is 14.4. The van der Waals surface area contributed by atoms with Crippen LogP contribution in [0.4, 0.5) is 4.79 Å². The van der Waals surface area contributed by atoms with E-state index < -0.39 is 0 Å². The van der Waals surface area contributed by atoms with E-state index in [4.69, 9.17) is 28.9 Å². The first-order chi connectivity index (χ1) is 17.8. The normalized spacial score (nSPS) is 24.6. The molecule has 3 aliphatic rings. The summed E-state index contributed by atoms with van der Waals surface area (Å²) in [6, 6.07) is 6.33. The second-order valence-electron chi connectivity index (χ2n) is 13.3. The fourth-order valence-electron chi connectivity index (χ4n) is 6.59. The number of carbonyl (C=O) groups is 2. The summed E-state index contributed by atoms with van der Waals surface area (Å²) in [4.78, 5) is 32.1. The van der Waals surface area contributed by atoms with Gasteiger partial charge < -0.3 is 15.5 Å². The van der Waals surface area contributed by atoms with Gasteiger partial charge in [-0.3, -0.25) is 9.69 Å². The second-order valence-corrected chi connectivity index (χ2v) is 14.1. The number of nitrogens with zero attached hydrogens (tertiary/aromatic N) is 3. The third-order valence-corrected chi connectivity index (χ3v) is 9.66. The summed E-state index contributed by atoms with van der Waals surface area (Å²) in [5.41, 5.74) is 6.60. The molecule has 8 heteroatoms. The van der Waals surface area contributed by atoms with E-state index in [1.165, 1.54) is 18.4 Å². The van der Waals surface area contributed by atoms with Gasteiger partial charge in [0.2, 0.25) is 5.91 Å². The van der Waals surface area contributed by atoms with E-state index in [2.05, 4.69) is 50.5 Å². The Bertz CT molecular complexity index is 998. The molecule has 1 aromatic rings. The Morgan fingerprint density at radius 1 is 1.00 bits per heavy atom. The Hall–Kier alpha value is -1.50. The minimum absolute atomic E-state index is 0.0625. The number of hydrogen-bond donors (Lipinski definition) is 1. The molecule has 0 radical (unpaired) electrons. The van der Waals surface area contributed by atoms with Crippen molar-refractivity contribution >= 4 is 35.1 Å². The third-order valence-electron chi connectivity index (χ3n) is 8.92. The predicted molar refractivity (Wildman–Crippen MR) is 155 cm³/mol. The van der Waals surface area contributed by atoms with Gasteiger partial charge in [0.15, 0.2) is 0 Å². The maximum absolute atomic E-state index is 13.9. The molecule has 1 saturated carbocycles. The van der Waals surface area contributed by atoms with Crippen molar-refractivity contribution in [2.24, 2.45) is 28.9 Å². The SMILES string of the molecule is CC(C)C(c1ccc(Cl)c(Cl)c1)N1C[C@H](C(C)(C)C)N(C(=O)CC2CCN(C(N)=O)CC2)CC1CC1CC1. The fourth-order valence-corrected chi connectivity index (χ4v) is 6.90. The monoisotopic (exact) mass is 564 g/mol. The van der Waals surface area contributed by atoms with Gasteiger partial charge in [-0.1, -0.05) is 76.7 Å². The maximum atomic E-state index is 13.9. The highest BCUT2D eigenvalue weighted by Crippen LogP contribution is 2.43. The molecule has 3 atom stereocenters. The first kappa shape index (κ1) is 29.5. The number of likely N-dealkylation sites (tertiary alicyclic amines) is 1. The molecule has 3 amide bonds. The van der Waals surface area contributed by atoms with Crippen LogP contribution in [-0.2, 0) is 4.79 Å². The lowest BCUT2D eigenvalue weighted by Gasteiger charge is -2.54. The van der Waals surface area contributed by atoms with Crippen molar-refractivity contribution in [1.82, 2.24) is 14.7 Å². The van der Waals surface area contributed by atoms with Crippen LogP contribution in [-0.4, -0.2) is 64.9 Å². The van der Waals surface area contributed by atoms with Crippen LogP contribution >= 0.6 is 23.2 Å². The van der Waals surface area contributed by atoms with Crippen molar-refractivity contribution in [2.45, 2.75) is 91.3 Å². The van der Waals surface area contributed by atoms with Crippen LogP contribution in [0.15, 0.2) is 18.2 Å². The van der Waals surface area contributed by atoms with Gasteiger partial charge in [0, 0.05) is 50.7 Å². The van der Waals surface area contributed by atoms with Gasteiger partial charge in [-0.2, -0.15) is 0 Å². The highest BCUT2D eigenvalue weighted by Gasteiger charge is 2.46. The summed E-state index contributed by atoms with van der Waals surface area (Å²) >= 11 is 12.8. The van der Waals surface area contributed by atoms with Crippen molar-refractivity contribution < 1.29 is 9.59 Å². The Labute approximate surface area is 239 Å². The highest BCUT2D eigenvalue weighted by molar-refractivity contribution is 6.42. The molecule has 38 heavy (non-hydrogen) atoms. The number of carbonyl (C=O) groups excluding carboxylic acids is 2. The summed E-state index contributed by atoms with van der Waals surface area (Å²) in [6.07, 6.45) is 5.94. The number of nitrogens with two attached hydrogens (primary N) is 1. The molecule has 6 nitrogen and oxygen atoms in total. The van der Waals surface area contributed by atoms with E-state index in [1.54, 1.807) is 4.90 Å². The Kier molecular flexibility index (Phi) is 9.26. The molecule has 2 N–H and O–H groups in total. The van der Waals surface area contributed by atoms with Crippen molar-refractivity contribution in [3.05, 3.63) is 33.8 Å². The van der Waals surface area contributed by atoms with Crippen molar-refractivity contribution in [3.63, 3.8) is 0 Å². The Balaban J connectivity index is 1.58. The lowest BCUT2D eigenvalue weighted by Crippen LogP contribution is -2.64. The van der Waals surface area contributed by atoms with Crippen LogP contribution in [0.3, 0.4) is 0 Å². The number of benzene rings is 1. The highest BCUT2D eigenvalue weighted by atomic mass is 35.5. The number of hydrogen-bond acceptors (Lipinski definition) is 3. The van der Waals surface area contributed by atoms with E-state index in [0.29, 0.717) is 47.4 Å². The minimum atomic E-state index is -0.358. The van der Waals surface area contributed by atoms with Crippen LogP contribution in [0, 0.1) is 23.2 Å². The van der Waals surface area contributed by atoms with Crippen LogP contribution < -0.4 is 5.73 Å². The zero-order chi connectivity index (χ0) is 27.8. The zero-order valence-corrected chi connectivity index (χ0v) is 25.3. The van der Waals surface area contributed by atoms with Crippen LogP contribution in [0.2, 0.25) is 10.0 Å².